The molecule has 2 aromatic carbocycles. The highest BCUT2D eigenvalue weighted by Gasteiger charge is 2.32. The van der Waals surface area contributed by atoms with Crippen LogP contribution in [0.4, 0.5) is 5.69 Å². The maximum Gasteiger partial charge on any atom is 0.270 e. The van der Waals surface area contributed by atoms with Crippen molar-refractivity contribution >= 4 is 28.8 Å². The van der Waals surface area contributed by atoms with Gasteiger partial charge in [0.1, 0.15) is 0 Å². The summed E-state index contributed by atoms with van der Waals surface area (Å²) in [6.45, 7) is 3.11. The number of thiophene rings is 1. The van der Waals surface area contributed by atoms with E-state index >= 15 is 0 Å². The van der Waals surface area contributed by atoms with E-state index in [0.717, 1.165) is 13.0 Å². The first-order valence-corrected chi connectivity index (χ1v) is 13.1. The van der Waals surface area contributed by atoms with Crippen LogP contribution >= 0.6 is 11.3 Å². The number of nitrogens with zero attached hydrogens (tertiary/aromatic N) is 4. The molecule has 3 aromatic rings. The lowest BCUT2D eigenvalue weighted by Gasteiger charge is -2.37. The van der Waals surface area contributed by atoms with Gasteiger partial charge in [0, 0.05) is 55.3 Å². The fraction of sp³-hybridized carbons (Fsp3) is 0.333. The van der Waals surface area contributed by atoms with Crippen LogP contribution in [0.25, 0.3) is 0 Å². The molecule has 0 spiro atoms. The van der Waals surface area contributed by atoms with Crippen LogP contribution in [0.3, 0.4) is 0 Å². The van der Waals surface area contributed by atoms with E-state index in [1.807, 2.05) is 23.1 Å². The Morgan fingerprint density at radius 3 is 2.53 bits per heavy atom. The van der Waals surface area contributed by atoms with Crippen molar-refractivity contribution in [1.29, 1.82) is 0 Å². The van der Waals surface area contributed by atoms with Gasteiger partial charge in [-0.2, -0.15) is 0 Å². The quantitative estimate of drug-likeness (QED) is 0.388. The van der Waals surface area contributed by atoms with Crippen molar-refractivity contribution in [2.24, 2.45) is 0 Å². The molecule has 1 unspecified atom stereocenters. The van der Waals surface area contributed by atoms with Crippen molar-refractivity contribution in [1.82, 2.24) is 14.7 Å². The van der Waals surface area contributed by atoms with Gasteiger partial charge in [-0.3, -0.25) is 24.6 Å². The number of amides is 2. The van der Waals surface area contributed by atoms with Gasteiger partial charge in [-0.1, -0.05) is 36.4 Å². The van der Waals surface area contributed by atoms with Gasteiger partial charge in [0.2, 0.25) is 5.91 Å². The zero-order valence-corrected chi connectivity index (χ0v) is 20.7. The Bertz CT molecular complexity index is 1260. The summed E-state index contributed by atoms with van der Waals surface area (Å²) in [6.07, 6.45) is 1.61. The van der Waals surface area contributed by atoms with Crippen LogP contribution in [0, 0.1) is 10.1 Å². The molecule has 1 fully saturated rings. The highest BCUT2D eigenvalue weighted by atomic mass is 32.1. The van der Waals surface area contributed by atoms with Crippen molar-refractivity contribution in [3.05, 3.63) is 97.7 Å². The molecule has 186 valence electrons. The second-order valence-electron chi connectivity index (χ2n) is 9.17. The molecule has 0 N–H and O–H groups in total. The summed E-state index contributed by atoms with van der Waals surface area (Å²) in [6, 6.07) is 18.4. The molecular weight excluding hydrogens is 476 g/mol. The molecule has 2 aliphatic heterocycles. The fourth-order valence-corrected chi connectivity index (χ4v) is 6.05. The predicted molar refractivity (Wildman–Crippen MR) is 138 cm³/mol. The van der Waals surface area contributed by atoms with Gasteiger partial charge in [0.15, 0.2) is 0 Å². The van der Waals surface area contributed by atoms with Crippen molar-refractivity contribution in [2.75, 3.05) is 39.3 Å². The van der Waals surface area contributed by atoms with Crippen LogP contribution in [0.1, 0.15) is 38.8 Å². The number of hydrogen-bond acceptors (Lipinski definition) is 6. The molecular formula is C27H28N4O4S. The van der Waals surface area contributed by atoms with Crippen LogP contribution in [0.2, 0.25) is 0 Å². The van der Waals surface area contributed by atoms with Gasteiger partial charge in [-0.25, -0.2) is 0 Å². The number of benzene rings is 2. The summed E-state index contributed by atoms with van der Waals surface area (Å²) >= 11 is 1.78. The Labute approximate surface area is 213 Å². The molecule has 1 aromatic heterocycles. The summed E-state index contributed by atoms with van der Waals surface area (Å²) in [5, 5.41) is 13.2. The SMILES string of the molecule is O=C(CN1CCc2sccc2C1c1ccccc1)N1CCCN(C(=O)c2cccc([N+](=O)[O-])c2)CC1. The van der Waals surface area contributed by atoms with Crippen molar-refractivity contribution in [3.63, 3.8) is 0 Å². The number of carbonyl (C=O) groups is 2. The smallest absolute Gasteiger partial charge is 0.270 e. The summed E-state index contributed by atoms with van der Waals surface area (Å²) in [5.41, 5.74) is 2.68. The lowest BCUT2D eigenvalue weighted by molar-refractivity contribution is -0.384. The number of rotatable bonds is 5. The molecule has 5 rings (SSSR count). The third kappa shape index (κ3) is 5.03. The Morgan fingerprint density at radius 2 is 1.72 bits per heavy atom. The molecule has 8 nitrogen and oxygen atoms in total. The van der Waals surface area contributed by atoms with Crippen molar-refractivity contribution in [2.45, 2.75) is 18.9 Å². The molecule has 36 heavy (non-hydrogen) atoms. The van der Waals surface area contributed by atoms with E-state index in [1.165, 1.54) is 34.2 Å². The Balaban J connectivity index is 1.26. The number of hydrogen-bond donors (Lipinski definition) is 0. The van der Waals surface area contributed by atoms with E-state index in [9.17, 15) is 19.7 Å². The summed E-state index contributed by atoms with van der Waals surface area (Å²) in [7, 11) is 0. The van der Waals surface area contributed by atoms with Gasteiger partial charge < -0.3 is 9.80 Å². The maximum atomic E-state index is 13.4. The fourth-order valence-electron chi connectivity index (χ4n) is 5.14. The lowest BCUT2D eigenvalue weighted by Crippen LogP contribution is -2.45. The van der Waals surface area contributed by atoms with Gasteiger partial charge in [0.05, 0.1) is 17.5 Å². The number of nitro groups is 1. The van der Waals surface area contributed by atoms with Crippen LogP contribution in [-0.2, 0) is 11.2 Å². The number of non-ortho nitro benzene ring substituents is 1. The molecule has 1 atom stereocenters. The summed E-state index contributed by atoms with van der Waals surface area (Å²) in [4.78, 5) is 44.2. The van der Waals surface area contributed by atoms with Crippen LogP contribution in [-0.4, -0.2) is 70.7 Å². The first-order valence-electron chi connectivity index (χ1n) is 12.2. The summed E-state index contributed by atoms with van der Waals surface area (Å²) < 4.78 is 0. The highest BCUT2D eigenvalue weighted by Crippen LogP contribution is 2.37. The normalized spacial score (nSPS) is 18.4. The van der Waals surface area contributed by atoms with Gasteiger partial charge in [-0.05, 0) is 41.5 Å². The van der Waals surface area contributed by atoms with Crippen LogP contribution < -0.4 is 0 Å². The van der Waals surface area contributed by atoms with Crippen molar-refractivity contribution < 1.29 is 14.5 Å². The van der Waals surface area contributed by atoms with Crippen molar-refractivity contribution in [3.8, 4) is 0 Å². The number of fused-ring (bicyclic) bond motifs is 1. The average molecular weight is 505 g/mol. The second kappa shape index (κ2) is 10.6. The number of carbonyl (C=O) groups excluding carboxylic acids is 2. The first-order chi connectivity index (χ1) is 17.5. The average Bonchev–Trinajstić information content (AvgIpc) is 3.24. The molecule has 1 saturated heterocycles. The first kappa shape index (κ1) is 24.1. The molecule has 2 amide bonds. The predicted octanol–water partition coefficient (Wildman–Crippen LogP) is 3.98. The number of nitro benzene ring substituents is 1. The van der Waals surface area contributed by atoms with E-state index < -0.39 is 4.92 Å². The Morgan fingerprint density at radius 1 is 0.944 bits per heavy atom. The van der Waals surface area contributed by atoms with Gasteiger partial charge in [0.25, 0.3) is 11.6 Å². The molecule has 0 saturated carbocycles. The molecule has 9 heteroatoms. The zero-order valence-electron chi connectivity index (χ0n) is 19.9. The molecule has 0 radical (unpaired) electrons. The van der Waals surface area contributed by atoms with E-state index in [-0.39, 0.29) is 23.5 Å². The van der Waals surface area contributed by atoms with E-state index in [0.29, 0.717) is 44.7 Å². The third-order valence-corrected chi connectivity index (χ3v) is 7.96. The second-order valence-corrected chi connectivity index (χ2v) is 10.2. The largest absolute Gasteiger partial charge is 0.340 e. The van der Waals surface area contributed by atoms with Crippen LogP contribution in [0.15, 0.2) is 66.0 Å². The lowest BCUT2D eigenvalue weighted by atomic mass is 9.93. The van der Waals surface area contributed by atoms with Crippen LogP contribution in [0.5, 0.6) is 0 Å². The maximum absolute atomic E-state index is 13.4. The summed E-state index contributed by atoms with van der Waals surface area (Å²) in [5.74, 6) is -0.169. The third-order valence-electron chi connectivity index (χ3n) is 6.96. The molecule has 2 aliphatic rings. The minimum atomic E-state index is -0.498. The monoisotopic (exact) mass is 504 g/mol. The van der Waals surface area contributed by atoms with E-state index in [4.69, 9.17) is 0 Å². The van der Waals surface area contributed by atoms with E-state index in [2.05, 4.69) is 28.5 Å². The zero-order chi connectivity index (χ0) is 25.1. The Hall–Kier alpha value is -3.56. The topological polar surface area (TPSA) is 87.0 Å². The molecule has 0 aliphatic carbocycles. The molecule has 0 bridgehead atoms. The minimum Gasteiger partial charge on any atom is -0.340 e. The minimum absolute atomic E-state index is 0.0593. The van der Waals surface area contributed by atoms with E-state index in [1.54, 1.807) is 22.3 Å². The standard InChI is InChI=1S/C27H28N4O4S/c32-25(19-30-14-10-24-23(11-17-36-24)26(30)20-6-2-1-3-7-20)28-12-5-13-29(16-15-28)27(33)21-8-4-9-22(18-21)31(34)35/h1-4,6-9,11,17-18,26H,5,10,12-16,19H2. The molecule has 3 heterocycles. The Kier molecular flexibility index (Phi) is 7.11. The highest BCUT2D eigenvalue weighted by molar-refractivity contribution is 7.10. The van der Waals surface area contributed by atoms with Gasteiger partial charge >= 0.3 is 0 Å². The van der Waals surface area contributed by atoms with Gasteiger partial charge in [-0.15, -0.1) is 11.3 Å².